The monoisotopic (exact) mass is 487 g/mol. The van der Waals surface area contributed by atoms with E-state index in [1.54, 1.807) is 0 Å². The van der Waals surface area contributed by atoms with Gasteiger partial charge in [-0.3, -0.25) is 4.21 Å². The van der Waals surface area contributed by atoms with Crippen LogP contribution < -0.4 is 11.2 Å². The van der Waals surface area contributed by atoms with Gasteiger partial charge in [-0.15, -0.1) is 0 Å². The fraction of sp³-hybridized carbons (Fsp3) is 0.417. The van der Waals surface area contributed by atoms with Gasteiger partial charge in [0.25, 0.3) is 0 Å². The van der Waals surface area contributed by atoms with Gasteiger partial charge >= 0.3 is 7.12 Å². The van der Waals surface area contributed by atoms with Crippen LogP contribution in [0.3, 0.4) is 0 Å². The molecule has 0 amide bonds. The van der Waals surface area contributed by atoms with Crippen molar-refractivity contribution < 1.29 is 18.1 Å². The van der Waals surface area contributed by atoms with Crippen LogP contribution in [0.2, 0.25) is 5.02 Å². The molecule has 1 aliphatic heterocycles. The number of benzene rings is 2. The van der Waals surface area contributed by atoms with Gasteiger partial charge in [-0.25, -0.2) is 0 Å². The van der Waals surface area contributed by atoms with E-state index >= 15 is 0 Å². The summed E-state index contributed by atoms with van der Waals surface area (Å²) in [6.45, 7) is 8.22. The number of hydrogen-bond acceptors (Lipinski definition) is 5. The Morgan fingerprint density at radius 3 is 2.30 bits per heavy atom. The first-order valence-electron chi connectivity index (χ1n) is 11.1. The molecule has 1 unspecified atom stereocenters. The Balaban J connectivity index is 0.000000376. The number of nitrogens with one attached hydrogen (secondary N) is 1. The molecule has 0 spiro atoms. The lowest BCUT2D eigenvalue weighted by Gasteiger charge is -2.32. The van der Waals surface area contributed by atoms with E-state index in [1.165, 1.54) is 0 Å². The summed E-state index contributed by atoms with van der Waals surface area (Å²) in [5.41, 5.74) is 9.47. The average molecular weight is 488 g/mol. The van der Waals surface area contributed by atoms with E-state index in [0.29, 0.717) is 5.02 Å². The van der Waals surface area contributed by atoms with Crippen LogP contribution in [-0.2, 0) is 20.4 Å². The maximum absolute atomic E-state index is 9.76. The number of hydrogen-bond donors (Lipinski definition) is 2. The largest absolute Gasteiger partial charge is 0.772 e. The number of halogens is 1. The molecule has 0 bridgehead atoms. The second-order valence-electron chi connectivity index (χ2n) is 9.58. The van der Waals surface area contributed by atoms with Crippen molar-refractivity contribution in [2.24, 2.45) is 5.73 Å². The number of H-pyrrole nitrogens is 1. The molecular weight excluding hydrogens is 459 g/mol. The summed E-state index contributed by atoms with van der Waals surface area (Å²) in [4.78, 5) is 3.48. The summed E-state index contributed by atoms with van der Waals surface area (Å²) >= 11 is 4.58. The molecule has 2 aliphatic rings. The van der Waals surface area contributed by atoms with Gasteiger partial charge in [0.15, 0.2) is 0 Å². The van der Waals surface area contributed by atoms with E-state index in [1.807, 2.05) is 36.4 Å². The summed E-state index contributed by atoms with van der Waals surface area (Å²) in [6, 6.07) is 15.5. The molecule has 6 nitrogen and oxygen atoms in total. The lowest BCUT2D eigenvalue weighted by Crippen LogP contribution is -2.41. The zero-order chi connectivity index (χ0) is 24.0. The second kappa shape index (κ2) is 9.17. The van der Waals surface area contributed by atoms with Crippen molar-refractivity contribution in [3.8, 4) is 0 Å². The lowest BCUT2D eigenvalue weighted by molar-refractivity contribution is 0.00578. The number of aromatic nitrogens is 1. The third-order valence-corrected chi connectivity index (χ3v) is 7.95. The lowest BCUT2D eigenvalue weighted by atomic mass is 9.78. The molecule has 176 valence electrons. The number of para-hydroxylation sites is 1. The Kier molecular flexibility index (Phi) is 6.79. The highest BCUT2D eigenvalue weighted by molar-refractivity contribution is 7.80. The van der Waals surface area contributed by atoms with Crippen LogP contribution in [0, 0.1) is 0 Å². The maximum atomic E-state index is 9.76. The van der Waals surface area contributed by atoms with Crippen LogP contribution in [0.15, 0.2) is 48.5 Å². The van der Waals surface area contributed by atoms with Crippen LogP contribution in [-0.4, -0.2) is 37.3 Å². The molecule has 0 radical (unpaired) electrons. The summed E-state index contributed by atoms with van der Waals surface area (Å²) in [6.07, 6.45) is 1.77. The molecule has 9 heteroatoms. The van der Waals surface area contributed by atoms with Crippen molar-refractivity contribution in [1.29, 1.82) is 0 Å². The summed E-state index contributed by atoms with van der Waals surface area (Å²) < 4.78 is 32.0. The highest BCUT2D eigenvalue weighted by Crippen LogP contribution is 2.37. The van der Waals surface area contributed by atoms with E-state index in [9.17, 15) is 8.76 Å². The Bertz CT molecular complexity index is 1160. The Morgan fingerprint density at radius 2 is 1.76 bits per heavy atom. The van der Waals surface area contributed by atoms with Gasteiger partial charge in [0.1, 0.15) is 0 Å². The predicted octanol–water partition coefficient (Wildman–Crippen LogP) is 4.20. The van der Waals surface area contributed by atoms with Crippen LogP contribution in [0.1, 0.15) is 57.8 Å². The number of fused-ring (bicyclic) bond motifs is 1. The number of nitrogens with two attached hydrogens (primary N) is 1. The number of rotatable bonds is 4. The van der Waals surface area contributed by atoms with E-state index in [-0.39, 0.29) is 22.5 Å². The topological polar surface area (TPSA) is 100 Å². The molecule has 2 aromatic carbocycles. The van der Waals surface area contributed by atoms with Gasteiger partial charge in [0.05, 0.1) is 17.2 Å². The summed E-state index contributed by atoms with van der Waals surface area (Å²) in [5.74, 6) is 0. The predicted molar refractivity (Wildman–Crippen MR) is 133 cm³/mol. The summed E-state index contributed by atoms with van der Waals surface area (Å²) in [5, 5.41) is 1.75. The second-order valence-corrected chi connectivity index (χ2v) is 11.2. The summed E-state index contributed by atoms with van der Waals surface area (Å²) in [7, 11) is -0.429. The quantitative estimate of drug-likeness (QED) is 0.424. The van der Waals surface area contributed by atoms with Crippen molar-refractivity contribution in [2.75, 3.05) is 0 Å². The van der Waals surface area contributed by atoms with Crippen molar-refractivity contribution >= 4 is 46.2 Å². The smallest absolute Gasteiger partial charge is 0.497 e. The minimum Gasteiger partial charge on any atom is -0.772 e. The standard InChI is InChI=1S/C21H24BClN2O2.C3H6O2S/c1-20(2)21(3,4)27-22(26-20)15-10-7-8-13-12-17(25-19(13)15)18(24)14-9-5-6-11-16(14)23;4-6(5)3-1-2-3/h5-12,18,25H,24H2,1-4H3;3H,1-2H2,(H,4,5)/p-1/t18-;/m1./s1. The van der Waals surface area contributed by atoms with Gasteiger partial charge in [0.2, 0.25) is 0 Å². The first-order chi connectivity index (χ1) is 15.5. The van der Waals surface area contributed by atoms with Crippen LogP contribution in [0.25, 0.3) is 10.9 Å². The molecule has 1 aromatic heterocycles. The highest BCUT2D eigenvalue weighted by Gasteiger charge is 2.52. The normalized spacial score (nSPS) is 20.9. The molecule has 3 aromatic rings. The molecule has 5 rings (SSSR count). The van der Waals surface area contributed by atoms with Gasteiger partial charge in [-0.05, 0) is 63.6 Å². The fourth-order valence-corrected chi connectivity index (χ4v) is 4.46. The molecular formula is C24H29BClN2O4S-. The molecule has 1 aliphatic carbocycles. The molecule has 2 heterocycles. The molecule has 3 N–H and O–H groups in total. The van der Waals surface area contributed by atoms with Crippen molar-refractivity contribution in [2.45, 2.75) is 63.0 Å². The first kappa shape index (κ1) is 24.4. The van der Waals surface area contributed by atoms with Gasteiger partial charge in [-0.2, -0.15) is 0 Å². The van der Waals surface area contributed by atoms with Gasteiger partial charge < -0.3 is 24.6 Å². The van der Waals surface area contributed by atoms with Crippen molar-refractivity contribution in [3.05, 3.63) is 64.8 Å². The van der Waals surface area contributed by atoms with Gasteiger partial charge in [0, 0.05) is 26.9 Å². The van der Waals surface area contributed by atoms with Crippen LogP contribution >= 0.6 is 11.6 Å². The van der Waals surface area contributed by atoms with E-state index in [0.717, 1.165) is 40.5 Å². The Labute approximate surface area is 202 Å². The van der Waals surface area contributed by atoms with E-state index in [2.05, 4.69) is 44.8 Å². The van der Waals surface area contributed by atoms with Crippen LogP contribution in [0.5, 0.6) is 0 Å². The minimum atomic E-state index is -1.76. The first-order valence-corrected chi connectivity index (χ1v) is 12.6. The molecule has 2 atom stereocenters. The Hall–Kier alpha value is -1.68. The average Bonchev–Trinajstić information content (AvgIpc) is 3.47. The Morgan fingerprint density at radius 1 is 1.12 bits per heavy atom. The SMILES string of the molecule is CC1(C)OB(c2cccc3cc([C@H](N)c4ccccc4Cl)[nH]c23)OC1(C)C.O=S([O-])C1CC1. The fourth-order valence-electron chi connectivity index (χ4n) is 3.69. The van der Waals surface area contributed by atoms with Crippen molar-refractivity contribution in [1.82, 2.24) is 4.98 Å². The third kappa shape index (κ3) is 5.06. The zero-order valence-electron chi connectivity index (χ0n) is 19.3. The van der Waals surface area contributed by atoms with E-state index in [4.69, 9.17) is 26.6 Å². The zero-order valence-corrected chi connectivity index (χ0v) is 20.8. The molecule has 33 heavy (non-hydrogen) atoms. The molecule has 1 saturated carbocycles. The van der Waals surface area contributed by atoms with Crippen molar-refractivity contribution in [3.63, 3.8) is 0 Å². The number of aromatic amines is 1. The molecule has 2 fully saturated rings. The van der Waals surface area contributed by atoms with Gasteiger partial charge in [-0.1, -0.05) is 59.1 Å². The van der Waals surface area contributed by atoms with Crippen LogP contribution in [0.4, 0.5) is 0 Å². The minimum absolute atomic E-state index is 0.0185. The van der Waals surface area contributed by atoms with E-state index < -0.39 is 18.2 Å². The molecule has 1 saturated heterocycles. The maximum Gasteiger partial charge on any atom is 0.497 e. The highest BCUT2D eigenvalue weighted by atomic mass is 35.5. The third-order valence-electron chi connectivity index (χ3n) is 6.59.